The Hall–Kier alpha value is 1.98. The third-order valence-electron chi connectivity index (χ3n) is 2.67. The van der Waals surface area contributed by atoms with Crippen LogP contribution in [0.1, 0.15) is 0 Å². The van der Waals surface area contributed by atoms with Crippen molar-refractivity contribution in [2.24, 2.45) is 0 Å². The van der Waals surface area contributed by atoms with Gasteiger partial charge >= 0.3 is 0 Å². The van der Waals surface area contributed by atoms with Crippen LogP contribution in [0.3, 0.4) is 0 Å². The molecule has 0 saturated carbocycles. The first-order chi connectivity index (χ1) is 9.83. The second-order valence-electron chi connectivity index (χ2n) is 4.06. The summed E-state index contributed by atoms with van der Waals surface area (Å²) in [5.74, 6) is 3.54. The van der Waals surface area contributed by atoms with E-state index in [-0.39, 0.29) is 6.61 Å². The summed E-state index contributed by atoms with van der Waals surface area (Å²) in [5, 5.41) is 9.70. The van der Waals surface area contributed by atoms with Crippen LogP contribution >= 0.6 is 94.1 Å². The summed E-state index contributed by atoms with van der Waals surface area (Å²) in [4.78, 5) is 0. The van der Waals surface area contributed by atoms with Crippen molar-refractivity contribution in [3.8, 4) is 0 Å². The Morgan fingerprint density at radius 1 is 0.750 bits per heavy atom. The first-order valence-electron chi connectivity index (χ1n) is 5.93. The summed E-state index contributed by atoms with van der Waals surface area (Å²) >= 11 is 15.6. The van der Waals surface area contributed by atoms with E-state index in [0.29, 0.717) is 5.25 Å². The molecule has 0 aromatic heterocycles. The molecule has 0 fully saturated rings. The maximum Gasteiger partial charge on any atom is 0.0717 e. The van der Waals surface area contributed by atoms with Crippen molar-refractivity contribution in [1.29, 1.82) is 0 Å². The summed E-state index contributed by atoms with van der Waals surface area (Å²) in [6.07, 6.45) is 0. The van der Waals surface area contributed by atoms with E-state index in [2.05, 4.69) is 0 Å². The second-order valence-corrected chi connectivity index (χ2v) is 14.2. The molecule has 1 nitrogen and oxygen atoms in total. The third-order valence-corrected chi connectivity index (χ3v) is 15.0. The van der Waals surface area contributed by atoms with Crippen LogP contribution in [0, 0.1) is 0 Å². The number of aliphatic hydroxyl groups excluding tert-OH is 1. The van der Waals surface area contributed by atoms with Crippen molar-refractivity contribution in [2.45, 2.75) is 5.25 Å². The monoisotopic (exact) mass is 414 g/mol. The summed E-state index contributed by atoms with van der Waals surface area (Å²) < 4.78 is 8.85. The summed E-state index contributed by atoms with van der Waals surface area (Å²) in [6.45, 7) is 0.290. The minimum Gasteiger partial charge on any atom is -0.395 e. The van der Waals surface area contributed by atoms with E-state index < -0.39 is 0 Å². The van der Waals surface area contributed by atoms with Gasteiger partial charge in [-0.1, -0.05) is 47.0 Å². The number of hydrogen-bond acceptors (Lipinski definition) is 9. The molecular weight excluding hydrogens is 405 g/mol. The second kappa shape index (κ2) is 6.84. The molecule has 1 N–H and O–H groups in total. The molecule has 9 heteroatoms. The molecule has 0 aromatic rings. The van der Waals surface area contributed by atoms with E-state index >= 15 is 0 Å². The fourth-order valence-electron chi connectivity index (χ4n) is 1.76. The fourth-order valence-corrected chi connectivity index (χ4v) is 14.2. The summed E-state index contributed by atoms with van der Waals surface area (Å²) in [7, 11) is 0. The number of aliphatic hydroxyl groups is 1. The molecule has 4 rings (SSSR count). The van der Waals surface area contributed by atoms with Gasteiger partial charge in [-0.3, -0.25) is 0 Å². The van der Waals surface area contributed by atoms with Crippen LogP contribution in [0.4, 0.5) is 0 Å². The highest BCUT2D eigenvalue weighted by atomic mass is 32.3. The van der Waals surface area contributed by atoms with E-state index in [1.54, 1.807) is 0 Å². The molecule has 1 atom stereocenters. The molecule has 4 heterocycles. The average Bonchev–Trinajstić information content (AvgIpc) is 3.09. The largest absolute Gasteiger partial charge is 0.395 e. The Balaban J connectivity index is 1.49. The molecule has 4 aliphatic rings. The molecule has 0 aliphatic carbocycles. The Morgan fingerprint density at radius 2 is 1.30 bits per heavy atom. The van der Waals surface area contributed by atoms with Gasteiger partial charge < -0.3 is 5.11 Å². The maximum atomic E-state index is 9.32. The van der Waals surface area contributed by atoms with Gasteiger partial charge in [-0.2, -0.15) is 0 Å². The SMILES string of the molecule is OC[C@@H]1CSC2=C(SC(=C3SC4=C(SCCS4)S3)S2)S1. The Morgan fingerprint density at radius 3 is 1.90 bits per heavy atom. The quantitative estimate of drug-likeness (QED) is 0.582. The Kier molecular flexibility index (Phi) is 5.31. The molecule has 0 unspecified atom stereocenters. The number of hydrogen-bond donors (Lipinski definition) is 1. The van der Waals surface area contributed by atoms with Crippen LogP contribution in [-0.2, 0) is 0 Å². The number of rotatable bonds is 1. The highest BCUT2D eigenvalue weighted by molar-refractivity contribution is 8.45. The summed E-state index contributed by atoms with van der Waals surface area (Å²) in [5.41, 5.74) is 0. The van der Waals surface area contributed by atoms with Crippen molar-refractivity contribution in [3.63, 3.8) is 0 Å². The Labute approximate surface area is 152 Å². The van der Waals surface area contributed by atoms with Gasteiger partial charge in [0, 0.05) is 22.5 Å². The fraction of sp³-hybridized carbons (Fsp3) is 0.455. The van der Waals surface area contributed by atoms with Crippen LogP contribution in [0.15, 0.2) is 25.4 Å². The van der Waals surface area contributed by atoms with Gasteiger partial charge in [-0.15, -0.1) is 47.0 Å². The minimum atomic E-state index is 0.290. The molecule has 0 bridgehead atoms. The first kappa shape index (κ1) is 15.5. The molecular formula is C11H10OS8. The predicted molar refractivity (Wildman–Crippen MR) is 107 cm³/mol. The minimum absolute atomic E-state index is 0.290. The molecule has 0 aromatic carbocycles. The molecule has 4 aliphatic heterocycles. The lowest BCUT2D eigenvalue weighted by atomic mass is 10.5. The van der Waals surface area contributed by atoms with Crippen molar-refractivity contribution in [3.05, 3.63) is 25.4 Å². The standard InChI is InChI=1S/C11H10OS8/c12-3-5-4-15-8-9(16-5)20-11(19-8)10-17-6-7(18-10)14-2-1-13-6/h5,12H,1-4H2/t5-/m1/s1. The topological polar surface area (TPSA) is 20.2 Å². The van der Waals surface area contributed by atoms with Crippen LogP contribution in [0.5, 0.6) is 0 Å². The number of thioether (sulfide) groups is 8. The van der Waals surface area contributed by atoms with Gasteiger partial charge in [0.25, 0.3) is 0 Å². The lowest BCUT2D eigenvalue weighted by molar-refractivity contribution is 0.301. The maximum absolute atomic E-state index is 9.32. The van der Waals surface area contributed by atoms with E-state index in [1.807, 2.05) is 94.1 Å². The molecule has 0 saturated heterocycles. The van der Waals surface area contributed by atoms with Crippen molar-refractivity contribution in [1.82, 2.24) is 0 Å². The van der Waals surface area contributed by atoms with Crippen LogP contribution < -0.4 is 0 Å². The highest BCUT2D eigenvalue weighted by Gasteiger charge is 2.34. The van der Waals surface area contributed by atoms with Gasteiger partial charge in [0.1, 0.15) is 0 Å². The van der Waals surface area contributed by atoms with E-state index in [1.165, 1.54) is 36.9 Å². The van der Waals surface area contributed by atoms with Crippen LogP contribution in [-0.4, -0.2) is 34.2 Å². The van der Waals surface area contributed by atoms with E-state index in [9.17, 15) is 5.11 Å². The lowest BCUT2D eigenvalue weighted by Gasteiger charge is -2.18. The predicted octanol–water partition coefficient (Wildman–Crippen LogP) is 5.65. The molecule has 20 heavy (non-hydrogen) atoms. The zero-order valence-electron chi connectivity index (χ0n) is 10.1. The van der Waals surface area contributed by atoms with Gasteiger partial charge in [0.15, 0.2) is 0 Å². The van der Waals surface area contributed by atoms with Crippen molar-refractivity contribution >= 4 is 94.1 Å². The van der Waals surface area contributed by atoms with Crippen LogP contribution in [0.25, 0.3) is 0 Å². The zero-order chi connectivity index (χ0) is 13.5. The average molecular weight is 415 g/mol. The highest BCUT2D eigenvalue weighted by Crippen LogP contribution is 2.68. The summed E-state index contributed by atoms with van der Waals surface area (Å²) in [6, 6.07) is 0. The molecule has 0 radical (unpaired) electrons. The first-order valence-corrected chi connectivity index (χ1v) is 13.0. The van der Waals surface area contributed by atoms with Crippen molar-refractivity contribution in [2.75, 3.05) is 23.9 Å². The van der Waals surface area contributed by atoms with Crippen molar-refractivity contribution < 1.29 is 5.11 Å². The van der Waals surface area contributed by atoms with Gasteiger partial charge in [0.05, 0.1) is 32.0 Å². The van der Waals surface area contributed by atoms with Gasteiger partial charge in [-0.05, 0) is 0 Å². The lowest BCUT2D eigenvalue weighted by Crippen LogP contribution is -2.13. The molecule has 108 valence electrons. The third kappa shape index (κ3) is 3.13. The molecule has 0 spiro atoms. The Bertz CT molecular complexity index is 517. The smallest absolute Gasteiger partial charge is 0.0717 e. The van der Waals surface area contributed by atoms with Crippen LogP contribution in [0.2, 0.25) is 0 Å². The van der Waals surface area contributed by atoms with Gasteiger partial charge in [-0.25, -0.2) is 0 Å². The normalized spacial score (nSPS) is 30.1. The van der Waals surface area contributed by atoms with Gasteiger partial charge in [0.2, 0.25) is 0 Å². The van der Waals surface area contributed by atoms with E-state index in [4.69, 9.17) is 0 Å². The van der Waals surface area contributed by atoms with E-state index in [0.717, 1.165) is 5.75 Å². The molecule has 0 amide bonds. The zero-order valence-corrected chi connectivity index (χ0v) is 16.7.